The van der Waals surface area contributed by atoms with Gasteiger partial charge in [0.2, 0.25) is 0 Å². The highest BCUT2D eigenvalue weighted by Gasteiger charge is 2.37. The zero-order valence-corrected chi connectivity index (χ0v) is 13.7. The first-order valence-electron chi connectivity index (χ1n) is 8.10. The molecule has 1 aliphatic rings. The first kappa shape index (κ1) is 14.2. The van der Waals surface area contributed by atoms with Gasteiger partial charge in [-0.25, -0.2) is 4.98 Å². The fraction of sp³-hybridized carbons (Fsp3) is 0.471. The normalized spacial score (nSPS) is 16.9. The van der Waals surface area contributed by atoms with E-state index in [0.717, 1.165) is 40.9 Å². The third-order valence-electron chi connectivity index (χ3n) is 4.94. The van der Waals surface area contributed by atoms with Gasteiger partial charge in [-0.2, -0.15) is 5.10 Å². The maximum absolute atomic E-state index is 6.11. The van der Waals surface area contributed by atoms with Gasteiger partial charge >= 0.3 is 0 Å². The van der Waals surface area contributed by atoms with E-state index < -0.39 is 0 Å². The summed E-state index contributed by atoms with van der Waals surface area (Å²) >= 11 is 0. The number of hydrogen-bond donors (Lipinski definition) is 1. The minimum Gasteiger partial charge on any atom is -0.383 e. The lowest BCUT2D eigenvalue weighted by molar-refractivity contribution is 0.203. The maximum Gasteiger partial charge on any atom is 0.143 e. The van der Waals surface area contributed by atoms with Gasteiger partial charge in [0, 0.05) is 23.7 Å². The molecule has 1 fully saturated rings. The summed E-state index contributed by atoms with van der Waals surface area (Å²) in [5.74, 6) is 1.41. The highest BCUT2D eigenvalue weighted by molar-refractivity contribution is 5.99. The van der Waals surface area contributed by atoms with Gasteiger partial charge in [0.15, 0.2) is 0 Å². The molecule has 1 saturated carbocycles. The fourth-order valence-electron chi connectivity index (χ4n) is 3.31. The molecule has 4 rings (SSSR count). The van der Waals surface area contributed by atoms with E-state index in [-0.39, 0.29) is 11.5 Å². The number of pyridine rings is 1. The van der Waals surface area contributed by atoms with Crippen molar-refractivity contribution in [1.82, 2.24) is 19.9 Å². The lowest BCUT2D eigenvalue weighted by atomic mass is 9.69. The van der Waals surface area contributed by atoms with Crippen molar-refractivity contribution in [3.8, 4) is 11.4 Å². The maximum atomic E-state index is 6.11. The topological polar surface area (TPSA) is 82.8 Å². The molecule has 3 aromatic rings. The van der Waals surface area contributed by atoms with Crippen molar-refractivity contribution in [1.29, 1.82) is 0 Å². The first-order chi connectivity index (χ1) is 11.0. The van der Waals surface area contributed by atoms with E-state index in [0.29, 0.717) is 5.82 Å². The van der Waals surface area contributed by atoms with E-state index in [2.05, 4.69) is 30.9 Å². The zero-order valence-electron chi connectivity index (χ0n) is 13.7. The van der Waals surface area contributed by atoms with E-state index in [9.17, 15) is 0 Å². The van der Waals surface area contributed by atoms with Crippen molar-refractivity contribution in [3.63, 3.8) is 0 Å². The Bertz CT molecular complexity index is 872. The van der Waals surface area contributed by atoms with Crippen molar-refractivity contribution in [2.24, 2.45) is 0 Å². The summed E-state index contributed by atoms with van der Waals surface area (Å²) in [5.41, 5.74) is 8.69. The molecule has 6 nitrogen and oxygen atoms in total. The van der Waals surface area contributed by atoms with E-state index in [1.807, 2.05) is 16.8 Å². The predicted octanol–water partition coefficient (Wildman–Crippen LogP) is 3.69. The van der Waals surface area contributed by atoms with Gasteiger partial charge < -0.3 is 10.3 Å². The molecule has 0 amide bonds. The van der Waals surface area contributed by atoms with Crippen LogP contribution in [0.3, 0.4) is 0 Å². The summed E-state index contributed by atoms with van der Waals surface area (Å²) < 4.78 is 7.58. The monoisotopic (exact) mass is 311 g/mol. The minimum atomic E-state index is 0.117. The second-order valence-electron chi connectivity index (χ2n) is 6.97. The van der Waals surface area contributed by atoms with Gasteiger partial charge in [-0.05, 0) is 32.8 Å². The van der Waals surface area contributed by atoms with Crippen molar-refractivity contribution in [2.75, 3.05) is 5.73 Å². The smallest absolute Gasteiger partial charge is 0.143 e. The number of aromatic nitrogens is 4. The van der Waals surface area contributed by atoms with Crippen molar-refractivity contribution < 1.29 is 4.52 Å². The molecule has 0 unspecified atom stereocenters. The lowest BCUT2D eigenvalue weighted by Gasteiger charge is -2.35. The van der Waals surface area contributed by atoms with Crippen molar-refractivity contribution in [2.45, 2.75) is 51.5 Å². The van der Waals surface area contributed by atoms with E-state index in [1.165, 1.54) is 6.42 Å². The second kappa shape index (κ2) is 4.81. The van der Waals surface area contributed by atoms with Crippen molar-refractivity contribution in [3.05, 3.63) is 24.1 Å². The predicted molar refractivity (Wildman–Crippen MR) is 89.0 cm³/mol. The third kappa shape index (κ3) is 2.04. The van der Waals surface area contributed by atoms with Crippen LogP contribution in [0.4, 0.5) is 5.82 Å². The molecule has 23 heavy (non-hydrogen) atoms. The van der Waals surface area contributed by atoms with Crippen LogP contribution in [0.2, 0.25) is 0 Å². The Hall–Kier alpha value is -2.37. The van der Waals surface area contributed by atoms with E-state index in [1.54, 1.807) is 6.20 Å². The van der Waals surface area contributed by atoms with Gasteiger partial charge in [-0.1, -0.05) is 18.5 Å². The zero-order chi connectivity index (χ0) is 16.2. The third-order valence-corrected chi connectivity index (χ3v) is 4.94. The second-order valence-corrected chi connectivity index (χ2v) is 6.97. The number of fused-ring (bicyclic) bond motifs is 1. The number of hydrogen-bond acceptors (Lipinski definition) is 5. The van der Waals surface area contributed by atoms with Gasteiger partial charge in [0.1, 0.15) is 23.0 Å². The van der Waals surface area contributed by atoms with Crippen LogP contribution in [-0.2, 0) is 5.41 Å². The van der Waals surface area contributed by atoms with Crippen LogP contribution in [0.5, 0.6) is 0 Å². The molecule has 3 heterocycles. The summed E-state index contributed by atoms with van der Waals surface area (Å²) in [5, 5.41) is 9.84. The summed E-state index contributed by atoms with van der Waals surface area (Å²) in [6.45, 7) is 6.41. The average Bonchev–Trinajstić information content (AvgIpc) is 3.09. The summed E-state index contributed by atoms with van der Waals surface area (Å²) in [6, 6.07) is 4.18. The Morgan fingerprint density at radius 1 is 1.35 bits per heavy atom. The SMILES string of the molecule is CC(C)n1nc(-c2cc(C3(C)CCC3)on2)c2c(N)nccc21. The molecular formula is C17H21N5O. The number of anilines is 1. The Balaban J connectivity index is 1.89. The largest absolute Gasteiger partial charge is 0.383 e. The van der Waals surface area contributed by atoms with E-state index >= 15 is 0 Å². The molecular weight excluding hydrogens is 290 g/mol. The molecule has 0 aromatic carbocycles. The van der Waals surface area contributed by atoms with Crippen LogP contribution in [0, 0.1) is 0 Å². The number of rotatable bonds is 3. The van der Waals surface area contributed by atoms with Crippen LogP contribution < -0.4 is 5.73 Å². The lowest BCUT2D eigenvalue weighted by Crippen LogP contribution is -2.29. The quantitative estimate of drug-likeness (QED) is 0.797. The first-order valence-corrected chi connectivity index (χ1v) is 8.10. The molecule has 3 aromatic heterocycles. The summed E-state index contributed by atoms with van der Waals surface area (Å²) in [4.78, 5) is 4.22. The number of nitrogens with zero attached hydrogens (tertiary/aromatic N) is 4. The molecule has 120 valence electrons. The van der Waals surface area contributed by atoms with E-state index in [4.69, 9.17) is 15.4 Å². The van der Waals surface area contributed by atoms with Gasteiger partial charge in [-0.3, -0.25) is 4.68 Å². The molecule has 0 atom stereocenters. The standard InChI is InChI=1S/C17H21N5O/c1-10(2)22-12-5-8-19-16(18)14(12)15(20-22)11-9-13(23-21-11)17(3)6-4-7-17/h5,8-10H,4,6-7H2,1-3H3,(H2,18,19). The Morgan fingerprint density at radius 2 is 2.13 bits per heavy atom. The highest BCUT2D eigenvalue weighted by atomic mass is 16.5. The molecule has 1 aliphatic carbocycles. The van der Waals surface area contributed by atoms with Crippen LogP contribution in [0.1, 0.15) is 51.8 Å². The van der Waals surface area contributed by atoms with Crippen LogP contribution in [-0.4, -0.2) is 19.9 Å². The highest BCUT2D eigenvalue weighted by Crippen LogP contribution is 2.44. The van der Waals surface area contributed by atoms with Crippen molar-refractivity contribution >= 4 is 16.7 Å². The molecule has 6 heteroatoms. The molecule has 0 spiro atoms. The minimum absolute atomic E-state index is 0.117. The molecule has 0 aliphatic heterocycles. The number of nitrogens with two attached hydrogens (primary N) is 1. The molecule has 2 N–H and O–H groups in total. The molecule has 0 bridgehead atoms. The van der Waals surface area contributed by atoms with Gasteiger partial charge in [-0.15, -0.1) is 0 Å². The fourth-order valence-corrected chi connectivity index (χ4v) is 3.31. The average molecular weight is 311 g/mol. The van der Waals surface area contributed by atoms with Gasteiger partial charge in [0.25, 0.3) is 0 Å². The Morgan fingerprint density at radius 3 is 2.78 bits per heavy atom. The van der Waals surface area contributed by atoms with Crippen LogP contribution in [0.15, 0.2) is 22.9 Å². The molecule has 0 radical (unpaired) electrons. The number of nitrogen functional groups attached to an aromatic ring is 1. The van der Waals surface area contributed by atoms with Crippen LogP contribution >= 0.6 is 0 Å². The van der Waals surface area contributed by atoms with Crippen LogP contribution in [0.25, 0.3) is 22.3 Å². The van der Waals surface area contributed by atoms with Gasteiger partial charge in [0.05, 0.1) is 10.9 Å². The summed E-state index contributed by atoms with van der Waals surface area (Å²) in [6.07, 6.45) is 5.25. The molecule has 0 saturated heterocycles. The Labute approximate surface area is 134 Å². The summed E-state index contributed by atoms with van der Waals surface area (Å²) in [7, 11) is 0. The Kier molecular flexibility index (Phi) is 2.98.